The second kappa shape index (κ2) is 7.20. The summed E-state index contributed by atoms with van der Waals surface area (Å²) in [6.45, 7) is 7.09. The molecule has 5 atom stereocenters. The largest absolute Gasteiger partial charge is 0.315 e. The average Bonchev–Trinajstić information content (AvgIpc) is 2.83. The molecule has 3 nitrogen and oxygen atoms in total. The van der Waals surface area contributed by atoms with Gasteiger partial charge in [-0.1, -0.05) is 39.5 Å². The van der Waals surface area contributed by atoms with E-state index in [9.17, 15) is 0 Å². The van der Waals surface area contributed by atoms with Crippen LogP contribution in [0.3, 0.4) is 0 Å². The van der Waals surface area contributed by atoms with Gasteiger partial charge in [0.2, 0.25) is 0 Å². The molecule has 0 amide bonds. The van der Waals surface area contributed by atoms with Crippen LogP contribution in [-0.4, -0.2) is 35.4 Å². The lowest BCUT2D eigenvalue weighted by Gasteiger charge is -2.39. The summed E-state index contributed by atoms with van der Waals surface area (Å²) in [4.78, 5) is 0. The predicted molar refractivity (Wildman–Crippen MR) is 92.6 cm³/mol. The van der Waals surface area contributed by atoms with Gasteiger partial charge in [-0.3, -0.25) is 10.6 Å². The van der Waals surface area contributed by atoms with Crippen molar-refractivity contribution in [3.8, 4) is 0 Å². The molecule has 0 spiro atoms. The van der Waals surface area contributed by atoms with Crippen LogP contribution < -0.4 is 16.0 Å². The first-order chi connectivity index (χ1) is 10.2. The molecule has 2 aliphatic heterocycles. The lowest BCUT2D eigenvalue weighted by Crippen LogP contribution is -2.58. The first-order valence-corrected chi connectivity index (χ1v) is 10.1. The van der Waals surface area contributed by atoms with Crippen LogP contribution in [0.15, 0.2) is 0 Å². The summed E-state index contributed by atoms with van der Waals surface area (Å²) in [5.74, 6) is 0.903. The van der Waals surface area contributed by atoms with E-state index in [4.69, 9.17) is 0 Å². The third-order valence-corrected chi connectivity index (χ3v) is 7.19. The zero-order chi connectivity index (χ0) is 14.7. The van der Waals surface area contributed by atoms with Crippen molar-refractivity contribution >= 4 is 11.8 Å². The second-order valence-electron chi connectivity index (χ2n) is 7.50. The molecule has 3 fully saturated rings. The fourth-order valence-corrected chi connectivity index (χ4v) is 6.12. The maximum atomic E-state index is 4.02. The van der Waals surface area contributed by atoms with Crippen molar-refractivity contribution in [1.82, 2.24) is 16.0 Å². The van der Waals surface area contributed by atoms with Gasteiger partial charge < -0.3 is 5.32 Å². The van der Waals surface area contributed by atoms with Crippen molar-refractivity contribution in [1.29, 1.82) is 0 Å². The monoisotopic (exact) mass is 311 g/mol. The first-order valence-electron chi connectivity index (χ1n) is 9.12. The predicted octanol–water partition coefficient (Wildman–Crippen LogP) is 3.07. The molecule has 3 N–H and O–H groups in total. The molecule has 1 aliphatic carbocycles. The molecule has 0 aromatic rings. The number of hydrogen-bond acceptors (Lipinski definition) is 4. The van der Waals surface area contributed by atoms with Gasteiger partial charge in [0, 0.05) is 23.4 Å². The van der Waals surface area contributed by atoms with Crippen molar-refractivity contribution < 1.29 is 0 Å². The van der Waals surface area contributed by atoms with Crippen LogP contribution in [0.25, 0.3) is 0 Å². The maximum absolute atomic E-state index is 4.02. The minimum Gasteiger partial charge on any atom is -0.315 e. The van der Waals surface area contributed by atoms with Crippen LogP contribution in [0.4, 0.5) is 0 Å². The normalized spacial score (nSPS) is 43.7. The molecule has 2 saturated heterocycles. The molecule has 0 radical (unpaired) electrons. The molecule has 21 heavy (non-hydrogen) atoms. The quantitative estimate of drug-likeness (QED) is 0.729. The van der Waals surface area contributed by atoms with E-state index in [2.05, 4.69) is 41.6 Å². The lowest BCUT2D eigenvalue weighted by molar-refractivity contribution is 0.221. The second-order valence-corrected chi connectivity index (χ2v) is 8.81. The smallest absolute Gasteiger partial charge is 0.106 e. The SMILES string of the molecule is CCCCC12CCNCC1SC(N[C@H]1CCC[C@@H](C)C1)N2. The minimum absolute atomic E-state index is 0.393. The molecular weight excluding hydrogens is 278 g/mol. The van der Waals surface area contributed by atoms with Gasteiger partial charge in [-0.15, -0.1) is 11.8 Å². The van der Waals surface area contributed by atoms with Gasteiger partial charge in [0.15, 0.2) is 0 Å². The molecule has 4 heteroatoms. The Morgan fingerprint density at radius 2 is 2.24 bits per heavy atom. The fourth-order valence-electron chi connectivity index (χ4n) is 4.43. The van der Waals surface area contributed by atoms with Crippen molar-refractivity contribution in [3.05, 3.63) is 0 Å². The summed E-state index contributed by atoms with van der Waals surface area (Å²) < 4.78 is 0. The minimum atomic E-state index is 0.393. The van der Waals surface area contributed by atoms with Gasteiger partial charge in [-0.25, -0.2) is 0 Å². The Kier molecular flexibility index (Phi) is 5.52. The Balaban J connectivity index is 1.58. The summed E-state index contributed by atoms with van der Waals surface area (Å²) in [7, 11) is 0. The molecule has 1 saturated carbocycles. The molecule has 122 valence electrons. The van der Waals surface area contributed by atoms with E-state index in [-0.39, 0.29) is 0 Å². The standard InChI is InChI=1S/C17H33N3S/c1-3-4-8-17-9-10-18-12-15(17)21-16(20-17)19-14-7-5-6-13(2)11-14/h13-16,18-20H,3-12H2,1-2H3/t13-,14+,15?,16?,17?/m1/s1. The summed E-state index contributed by atoms with van der Waals surface area (Å²) >= 11 is 2.15. The highest BCUT2D eigenvalue weighted by Crippen LogP contribution is 2.41. The Bertz CT molecular complexity index is 338. The maximum Gasteiger partial charge on any atom is 0.106 e. The van der Waals surface area contributed by atoms with Crippen LogP contribution in [0.5, 0.6) is 0 Å². The summed E-state index contributed by atoms with van der Waals surface area (Å²) in [5, 5.41) is 12.3. The van der Waals surface area contributed by atoms with E-state index in [1.165, 1.54) is 64.5 Å². The molecule has 3 unspecified atom stereocenters. The number of piperidine rings is 1. The van der Waals surface area contributed by atoms with E-state index < -0.39 is 0 Å². The van der Waals surface area contributed by atoms with Gasteiger partial charge in [0.25, 0.3) is 0 Å². The molecular formula is C17H33N3S. The molecule has 0 aromatic carbocycles. The van der Waals surface area contributed by atoms with E-state index in [0.717, 1.165) is 17.2 Å². The van der Waals surface area contributed by atoms with Crippen LogP contribution in [-0.2, 0) is 0 Å². The van der Waals surface area contributed by atoms with Crippen LogP contribution in [0.2, 0.25) is 0 Å². The van der Waals surface area contributed by atoms with E-state index in [1.54, 1.807) is 0 Å². The fraction of sp³-hybridized carbons (Fsp3) is 1.00. The molecule has 3 aliphatic rings. The van der Waals surface area contributed by atoms with Crippen molar-refractivity contribution in [2.45, 2.75) is 87.5 Å². The third kappa shape index (κ3) is 3.77. The van der Waals surface area contributed by atoms with Crippen molar-refractivity contribution in [2.75, 3.05) is 13.1 Å². The number of hydrogen-bond donors (Lipinski definition) is 3. The number of nitrogens with one attached hydrogen (secondary N) is 3. The summed E-state index contributed by atoms with van der Waals surface area (Å²) in [6, 6.07) is 0.732. The number of unbranched alkanes of at least 4 members (excludes halogenated alkanes) is 1. The summed E-state index contributed by atoms with van der Waals surface area (Å²) in [6.07, 6.45) is 10.9. The van der Waals surface area contributed by atoms with Gasteiger partial charge in [-0.05, 0) is 38.1 Å². The Labute approximate surface area is 134 Å². The molecule has 0 bridgehead atoms. The molecule has 2 heterocycles. The number of rotatable bonds is 5. The van der Waals surface area contributed by atoms with Gasteiger partial charge >= 0.3 is 0 Å². The highest BCUT2D eigenvalue weighted by molar-refractivity contribution is 8.00. The van der Waals surface area contributed by atoms with E-state index in [0.29, 0.717) is 11.0 Å². The molecule has 0 aromatic heterocycles. The highest BCUT2D eigenvalue weighted by atomic mass is 32.2. The van der Waals surface area contributed by atoms with Crippen molar-refractivity contribution in [3.63, 3.8) is 0 Å². The lowest BCUT2D eigenvalue weighted by atomic mass is 9.83. The van der Waals surface area contributed by atoms with Gasteiger partial charge in [-0.2, -0.15) is 0 Å². The topological polar surface area (TPSA) is 36.1 Å². The van der Waals surface area contributed by atoms with Crippen molar-refractivity contribution in [2.24, 2.45) is 5.92 Å². The van der Waals surface area contributed by atoms with Crippen LogP contribution >= 0.6 is 11.8 Å². The Morgan fingerprint density at radius 1 is 1.33 bits per heavy atom. The summed E-state index contributed by atoms with van der Waals surface area (Å²) in [5.41, 5.74) is 0.867. The van der Waals surface area contributed by atoms with Crippen LogP contribution in [0.1, 0.15) is 65.2 Å². The molecule has 3 rings (SSSR count). The van der Waals surface area contributed by atoms with Gasteiger partial charge in [0.05, 0.1) is 0 Å². The number of fused-ring (bicyclic) bond motifs is 1. The van der Waals surface area contributed by atoms with Gasteiger partial charge in [0.1, 0.15) is 5.50 Å². The first kappa shape index (κ1) is 16.1. The van der Waals surface area contributed by atoms with E-state index in [1.807, 2.05) is 0 Å². The number of thioether (sulfide) groups is 1. The zero-order valence-electron chi connectivity index (χ0n) is 13.8. The highest BCUT2D eigenvalue weighted by Gasteiger charge is 2.48. The zero-order valence-corrected chi connectivity index (χ0v) is 14.6. The third-order valence-electron chi connectivity index (χ3n) is 5.71. The van der Waals surface area contributed by atoms with Crippen LogP contribution in [0, 0.1) is 5.92 Å². The Morgan fingerprint density at radius 3 is 3.05 bits per heavy atom. The van der Waals surface area contributed by atoms with E-state index >= 15 is 0 Å². The average molecular weight is 312 g/mol. The Hall–Kier alpha value is 0.230.